The van der Waals surface area contributed by atoms with Gasteiger partial charge in [-0.2, -0.15) is 0 Å². The van der Waals surface area contributed by atoms with Crippen LogP contribution in [0.2, 0.25) is 0 Å². The van der Waals surface area contributed by atoms with Crippen molar-refractivity contribution in [1.29, 1.82) is 0 Å². The zero-order valence-corrected chi connectivity index (χ0v) is 16.6. The van der Waals surface area contributed by atoms with E-state index in [2.05, 4.69) is 6.92 Å². The molecule has 0 radical (unpaired) electrons. The van der Waals surface area contributed by atoms with Crippen molar-refractivity contribution < 1.29 is 68.2 Å². The second-order valence-corrected chi connectivity index (χ2v) is 6.25. The molecule has 112 valence electrons. The second kappa shape index (κ2) is 12.0. The standard InChI is InChI=1S/C15H28O4.Li.Na/c1-5-6-7-8-9-10-11-15(12(16)17,13(18)19)14(2,3)4;;/h5-11H2,1-4H3,(H,16,17)(H,18,19);;/q;2*+1/p-2. The molecule has 0 heterocycles. The van der Waals surface area contributed by atoms with E-state index in [1.165, 1.54) is 0 Å². The van der Waals surface area contributed by atoms with E-state index in [0.29, 0.717) is 6.42 Å². The maximum Gasteiger partial charge on any atom is 1.00 e. The number of unbranched alkanes of at least 4 members (excludes halogenated alkanes) is 5. The summed E-state index contributed by atoms with van der Waals surface area (Å²) in [6, 6.07) is 0. The van der Waals surface area contributed by atoms with Gasteiger partial charge in [-0.3, -0.25) is 0 Å². The van der Waals surface area contributed by atoms with Gasteiger partial charge in [-0.1, -0.05) is 66.2 Å². The molecule has 0 aliphatic heterocycles. The normalized spacial score (nSPS) is 11.2. The quantitative estimate of drug-likeness (QED) is 0.243. The Labute approximate surface area is 162 Å². The Hall–Kier alpha value is 0.537. The average Bonchev–Trinajstić information content (AvgIpc) is 2.25. The summed E-state index contributed by atoms with van der Waals surface area (Å²) in [5, 5.41) is 22.7. The largest absolute Gasteiger partial charge is 1.00 e. The van der Waals surface area contributed by atoms with E-state index in [9.17, 15) is 19.8 Å². The molecular weight excluding hydrogens is 274 g/mol. The van der Waals surface area contributed by atoms with Crippen LogP contribution in [0.15, 0.2) is 0 Å². The molecule has 0 fully saturated rings. The van der Waals surface area contributed by atoms with Gasteiger partial charge in [0.05, 0.1) is 17.4 Å². The molecule has 0 bridgehead atoms. The Kier molecular flexibility index (Phi) is 15.1. The van der Waals surface area contributed by atoms with E-state index in [1.54, 1.807) is 20.8 Å². The number of hydrogen-bond donors (Lipinski definition) is 0. The van der Waals surface area contributed by atoms with Gasteiger partial charge in [0.2, 0.25) is 0 Å². The van der Waals surface area contributed by atoms with Crippen molar-refractivity contribution >= 4 is 11.9 Å². The van der Waals surface area contributed by atoms with Crippen LogP contribution in [-0.2, 0) is 9.59 Å². The van der Waals surface area contributed by atoms with E-state index in [0.717, 1.165) is 32.1 Å². The summed E-state index contributed by atoms with van der Waals surface area (Å²) >= 11 is 0. The molecule has 0 saturated heterocycles. The van der Waals surface area contributed by atoms with E-state index in [-0.39, 0.29) is 54.8 Å². The van der Waals surface area contributed by atoms with Crippen LogP contribution in [0.1, 0.15) is 72.6 Å². The number of carboxylic acid groups (broad SMARTS) is 2. The molecule has 0 saturated carbocycles. The molecule has 0 N–H and O–H groups in total. The van der Waals surface area contributed by atoms with Gasteiger partial charge in [-0.05, 0) is 11.8 Å². The summed E-state index contributed by atoms with van der Waals surface area (Å²) in [5.74, 6) is -3.07. The average molecular weight is 300 g/mol. The van der Waals surface area contributed by atoms with Crippen molar-refractivity contribution in [1.82, 2.24) is 0 Å². The third-order valence-electron chi connectivity index (χ3n) is 3.88. The van der Waals surface area contributed by atoms with Gasteiger partial charge in [0.1, 0.15) is 0 Å². The topological polar surface area (TPSA) is 80.3 Å². The molecule has 0 rings (SSSR count). The minimum atomic E-state index is -1.91. The molecule has 0 aliphatic carbocycles. The number of rotatable bonds is 9. The van der Waals surface area contributed by atoms with Crippen LogP contribution >= 0.6 is 0 Å². The predicted octanol–water partition coefficient (Wildman–Crippen LogP) is -4.72. The third-order valence-corrected chi connectivity index (χ3v) is 3.88. The van der Waals surface area contributed by atoms with Gasteiger partial charge in [0.15, 0.2) is 0 Å². The van der Waals surface area contributed by atoms with Crippen molar-refractivity contribution in [3.63, 3.8) is 0 Å². The molecule has 0 unspecified atom stereocenters. The van der Waals surface area contributed by atoms with E-state index < -0.39 is 22.8 Å². The van der Waals surface area contributed by atoms with Crippen LogP contribution in [0.5, 0.6) is 0 Å². The van der Waals surface area contributed by atoms with Gasteiger partial charge in [0.25, 0.3) is 0 Å². The summed E-state index contributed by atoms with van der Waals surface area (Å²) in [6.07, 6.45) is 5.91. The smallest absolute Gasteiger partial charge is 0.549 e. The van der Waals surface area contributed by atoms with Gasteiger partial charge in [0, 0.05) is 0 Å². The molecule has 6 heteroatoms. The Balaban J connectivity index is -0.00000162. The number of aliphatic carboxylic acids is 2. The zero-order chi connectivity index (χ0) is 15.1. The van der Waals surface area contributed by atoms with Crippen LogP contribution in [0, 0.1) is 10.8 Å². The monoisotopic (exact) mass is 300 g/mol. The Morgan fingerprint density at radius 3 is 1.57 bits per heavy atom. The molecule has 0 aliphatic rings. The first-order valence-corrected chi connectivity index (χ1v) is 7.13. The van der Waals surface area contributed by atoms with E-state index >= 15 is 0 Å². The first-order valence-electron chi connectivity index (χ1n) is 7.13. The molecule has 0 spiro atoms. The molecule has 0 aromatic carbocycles. The van der Waals surface area contributed by atoms with Crippen molar-refractivity contribution in [3.05, 3.63) is 0 Å². The molecule has 4 nitrogen and oxygen atoms in total. The summed E-state index contributed by atoms with van der Waals surface area (Å²) < 4.78 is 0. The van der Waals surface area contributed by atoms with Gasteiger partial charge in [-0.25, -0.2) is 0 Å². The zero-order valence-electron chi connectivity index (χ0n) is 14.6. The minimum Gasteiger partial charge on any atom is -0.549 e. The maximum atomic E-state index is 11.3. The van der Waals surface area contributed by atoms with Gasteiger partial charge < -0.3 is 19.8 Å². The van der Waals surface area contributed by atoms with Crippen molar-refractivity contribution in [3.8, 4) is 0 Å². The fourth-order valence-electron chi connectivity index (χ4n) is 2.45. The van der Waals surface area contributed by atoms with Crippen LogP contribution in [0.4, 0.5) is 0 Å². The van der Waals surface area contributed by atoms with Crippen molar-refractivity contribution in [2.24, 2.45) is 10.8 Å². The van der Waals surface area contributed by atoms with Crippen LogP contribution in [0.25, 0.3) is 0 Å². The molecule has 21 heavy (non-hydrogen) atoms. The molecule has 0 aromatic heterocycles. The van der Waals surface area contributed by atoms with Crippen LogP contribution < -0.4 is 58.6 Å². The fraction of sp³-hybridized carbons (Fsp3) is 0.867. The second-order valence-electron chi connectivity index (χ2n) is 6.25. The first-order chi connectivity index (χ1) is 8.70. The summed E-state index contributed by atoms with van der Waals surface area (Å²) in [6.45, 7) is 6.94. The Morgan fingerprint density at radius 2 is 1.24 bits per heavy atom. The van der Waals surface area contributed by atoms with Crippen LogP contribution in [0.3, 0.4) is 0 Å². The SMILES string of the molecule is CCCCCCCCC(C(=O)[O-])(C(=O)[O-])C(C)(C)C.[Li+].[Na+]. The minimum absolute atomic E-state index is 0. The first kappa shape index (κ1) is 26.4. The Bertz CT molecular complexity index is 299. The maximum absolute atomic E-state index is 11.3. The molecule has 0 atom stereocenters. The fourth-order valence-corrected chi connectivity index (χ4v) is 2.45. The van der Waals surface area contributed by atoms with E-state index in [1.807, 2.05) is 0 Å². The van der Waals surface area contributed by atoms with E-state index in [4.69, 9.17) is 0 Å². The third kappa shape index (κ3) is 7.57. The summed E-state index contributed by atoms with van der Waals surface area (Å²) in [7, 11) is 0. The van der Waals surface area contributed by atoms with Crippen molar-refractivity contribution in [2.45, 2.75) is 72.6 Å². The van der Waals surface area contributed by atoms with Gasteiger partial charge in [-0.15, -0.1) is 0 Å². The summed E-state index contributed by atoms with van der Waals surface area (Å²) in [4.78, 5) is 22.7. The predicted molar refractivity (Wildman–Crippen MR) is 69.9 cm³/mol. The number of carbonyl (C=O) groups is 2. The van der Waals surface area contributed by atoms with Crippen molar-refractivity contribution in [2.75, 3.05) is 0 Å². The molecular formula is C15H26LiNaO4. The summed E-state index contributed by atoms with van der Waals surface area (Å²) in [5.41, 5.74) is -2.83. The number of carboxylic acids is 2. The number of carbonyl (C=O) groups excluding carboxylic acids is 2. The van der Waals surface area contributed by atoms with Gasteiger partial charge >= 0.3 is 48.4 Å². The number of hydrogen-bond acceptors (Lipinski definition) is 4. The molecule has 0 amide bonds. The Morgan fingerprint density at radius 1 is 0.857 bits per heavy atom. The van der Waals surface area contributed by atoms with Crippen LogP contribution in [-0.4, -0.2) is 11.9 Å². The molecule has 0 aromatic rings.